The van der Waals surface area contributed by atoms with Crippen molar-refractivity contribution in [1.29, 1.82) is 0 Å². The minimum Gasteiger partial charge on any atom is -0.302 e. The van der Waals surface area contributed by atoms with Crippen LogP contribution >= 0.6 is 11.3 Å². The van der Waals surface area contributed by atoms with E-state index in [9.17, 15) is 9.18 Å². The van der Waals surface area contributed by atoms with E-state index in [2.05, 4.69) is 10.3 Å². The number of nitrogens with zero attached hydrogens (tertiary/aromatic N) is 1. The van der Waals surface area contributed by atoms with Crippen molar-refractivity contribution < 1.29 is 9.18 Å². The first-order valence-electron chi connectivity index (χ1n) is 6.04. The Morgan fingerprint density at radius 3 is 2.95 bits per heavy atom. The van der Waals surface area contributed by atoms with E-state index < -0.39 is 0 Å². The number of carbonyl (C=O) groups excluding carboxylic acids is 1. The SMILES string of the molecule is CC(C)C(=O)Nc1ncc(Cc2cccc(F)c2)s1. The van der Waals surface area contributed by atoms with Crippen LogP contribution in [0.2, 0.25) is 0 Å². The van der Waals surface area contributed by atoms with Crippen LogP contribution < -0.4 is 5.32 Å². The van der Waals surface area contributed by atoms with Gasteiger partial charge in [0, 0.05) is 23.4 Å². The number of thiazole rings is 1. The Kier molecular flexibility index (Phi) is 4.27. The smallest absolute Gasteiger partial charge is 0.228 e. The molecule has 0 aliphatic rings. The average molecular weight is 278 g/mol. The molecule has 19 heavy (non-hydrogen) atoms. The average Bonchev–Trinajstić information content (AvgIpc) is 2.76. The fourth-order valence-electron chi connectivity index (χ4n) is 1.54. The number of carbonyl (C=O) groups is 1. The molecule has 0 aliphatic carbocycles. The Morgan fingerprint density at radius 1 is 1.47 bits per heavy atom. The number of amides is 1. The van der Waals surface area contributed by atoms with Gasteiger partial charge in [0.05, 0.1) is 0 Å². The van der Waals surface area contributed by atoms with Crippen molar-refractivity contribution in [2.75, 3.05) is 5.32 Å². The Labute approximate surface area is 115 Å². The Bertz CT molecular complexity index is 580. The number of nitrogens with one attached hydrogen (secondary N) is 1. The minimum atomic E-state index is -0.240. The Balaban J connectivity index is 2.03. The maximum Gasteiger partial charge on any atom is 0.228 e. The lowest BCUT2D eigenvalue weighted by atomic mass is 10.1. The first-order valence-corrected chi connectivity index (χ1v) is 6.86. The van der Waals surface area contributed by atoms with Crippen LogP contribution in [-0.2, 0) is 11.2 Å². The van der Waals surface area contributed by atoms with Crippen LogP contribution in [0.5, 0.6) is 0 Å². The van der Waals surface area contributed by atoms with Crippen molar-refractivity contribution >= 4 is 22.4 Å². The van der Waals surface area contributed by atoms with Crippen LogP contribution in [0.15, 0.2) is 30.5 Å². The second-order valence-electron chi connectivity index (χ2n) is 4.58. The third kappa shape index (κ3) is 3.86. The van der Waals surface area contributed by atoms with E-state index in [0.717, 1.165) is 10.4 Å². The van der Waals surface area contributed by atoms with Gasteiger partial charge in [0.15, 0.2) is 5.13 Å². The van der Waals surface area contributed by atoms with Crippen LogP contribution in [0.1, 0.15) is 24.3 Å². The van der Waals surface area contributed by atoms with Gasteiger partial charge in [-0.3, -0.25) is 4.79 Å². The van der Waals surface area contributed by atoms with Gasteiger partial charge in [-0.1, -0.05) is 26.0 Å². The fraction of sp³-hybridized carbons (Fsp3) is 0.286. The summed E-state index contributed by atoms with van der Waals surface area (Å²) in [6.45, 7) is 3.66. The summed E-state index contributed by atoms with van der Waals surface area (Å²) in [5, 5.41) is 3.34. The molecule has 0 atom stereocenters. The summed E-state index contributed by atoms with van der Waals surface area (Å²) < 4.78 is 13.1. The van der Waals surface area contributed by atoms with Gasteiger partial charge in [-0.25, -0.2) is 9.37 Å². The van der Waals surface area contributed by atoms with Gasteiger partial charge in [0.25, 0.3) is 0 Å². The predicted octanol–water partition coefficient (Wildman–Crippen LogP) is 3.47. The first-order chi connectivity index (χ1) is 9.04. The lowest BCUT2D eigenvalue weighted by molar-refractivity contribution is -0.118. The highest BCUT2D eigenvalue weighted by atomic mass is 32.1. The van der Waals surface area contributed by atoms with Gasteiger partial charge in [0.2, 0.25) is 5.91 Å². The third-order valence-electron chi connectivity index (χ3n) is 2.58. The summed E-state index contributed by atoms with van der Waals surface area (Å²) in [5.41, 5.74) is 0.894. The topological polar surface area (TPSA) is 42.0 Å². The monoisotopic (exact) mass is 278 g/mol. The van der Waals surface area contributed by atoms with Crippen molar-refractivity contribution in [3.63, 3.8) is 0 Å². The molecular formula is C14H15FN2OS. The molecule has 0 unspecified atom stereocenters. The van der Waals surface area contributed by atoms with Crippen LogP contribution in [0.4, 0.5) is 9.52 Å². The quantitative estimate of drug-likeness (QED) is 0.930. The molecule has 1 aromatic carbocycles. The number of hydrogen-bond acceptors (Lipinski definition) is 3. The predicted molar refractivity (Wildman–Crippen MR) is 74.8 cm³/mol. The molecule has 2 rings (SSSR count). The molecule has 2 aromatic rings. The van der Waals surface area contributed by atoms with Gasteiger partial charge in [0.1, 0.15) is 5.82 Å². The fourth-order valence-corrected chi connectivity index (χ4v) is 2.39. The number of anilines is 1. The van der Waals surface area contributed by atoms with E-state index >= 15 is 0 Å². The molecule has 100 valence electrons. The zero-order valence-electron chi connectivity index (χ0n) is 10.8. The largest absolute Gasteiger partial charge is 0.302 e. The summed E-state index contributed by atoms with van der Waals surface area (Å²) >= 11 is 1.41. The van der Waals surface area contributed by atoms with Gasteiger partial charge in [-0.2, -0.15) is 0 Å². The number of hydrogen-bond donors (Lipinski definition) is 1. The molecule has 1 heterocycles. The Morgan fingerprint density at radius 2 is 2.26 bits per heavy atom. The highest BCUT2D eigenvalue weighted by molar-refractivity contribution is 7.15. The number of halogens is 1. The summed E-state index contributed by atoms with van der Waals surface area (Å²) in [6, 6.07) is 6.48. The van der Waals surface area contributed by atoms with E-state index in [0.29, 0.717) is 11.6 Å². The molecule has 0 saturated carbocycles. The van der Waals surface area contributed by atoms with Crippen LogP contribution in [-0.4, -0.2) is 10.9 Å². The molecule has 1 amide bonds. The van der Waals surface area contributed by atoms with E-state index in [1.165, 1.54) is 23.5 Å². The molecule has 0 fully saturated rings. The van der Waals surface area contributed by atoms with Crippen LogP contribution in [0, 0.1) is 11.7 Å². The highest BCUT2D eigenvalue weighted by Crippen LogP contribution is 2.21. The maximum absolute atomic E-state index is 13.1. The van der Waals surface area contributed by atoms with Crippen molar-refractivity contribution in [1.82, 2.24) is 4.98 Å². The van der Waals surface area contributed by atoms with E-state index in [1.54, 1.807) is 12.3 Å². The van der Waals surface area contributed by atoms with E-state index in [4.69, 9.17) is 0 Å². The summed E-state index contributed by atoms with van der Waals surface area (Å²) in [6.07, 6.45) is 2.33. The lowest BCUT2D eigenvalue weighted by Gasteiger charge is -2.03. The molecule has 3 nitrogen and oxygen atoms in total. The summed E-state index contributed by atoms with van der Waals surface area (Å²) in [5.74, 6) is -0.363. The van der Waals surface area contributed by atoms with Crippen molar-refractivity contribution in [3.05, 3.63) is 46.7 Å². The summed E-state index contributed by atoms with van der Waals surface area (Å²) in [7, 11) is 0. The molecule has 0 spiro atoms. The number of rotatable bonds is 4. The highest BCUT2D eigenvalue weighted by Gasteiger charge is 2.10. The van der Waals surface area contributed by atoms with E-state index in [1.807, 2.05) is 19.9 Å². The standard InChI is InChI=1S/C14H15FN2OS/c1-9(2)13(18)17-14-16-8-12(19-14)7-10-4-3-5-11(15)6-10/h3-6,8-9H,7H2,1-2H3,(H,16,17,18). The second kappa shape index (κ2) is 5.93. The number of benzene rings is 1. The van der Waals surface area contributed by atoms with Crippen molar-refractivity contribution in [2.24, 2.45) is 5.92 Å². The minimum absolute atomic E-state index is 0.0494. The van der Waals surface area contributed by atoms with Crippen LogP contribution in [0.3, 0.4) is 0 Å². The molecule has 0 aliphatic heterocycles. The zero-order chi connectivity index (χ0) is 13.8. The van der Waals surface area contributed by atoms with Gasteiger partial charge < -0.3 is 5.32 Å². The summed E-state index contributed by atoms with van der Waals surface area (Å²) in [4.78, 5) is 16.7. The molecule has 1 N–H and O–H groups in total. The molecule has 0 radical (unpaired) electrons. The molecule has 5 heteroatoms. The lowest BCUT2D eigenvalue weighted by Crippen LogP contribution is -2.17. The first kappa shape index (κ1) is 13.7. The van der Waals surface area contributed by atoms with Crippen molar-refractivity contribution in [2.45, 2.75) is 20.3 Å². The van der Waals surface area contributed by atoms with E-state index in [-0.39, 0.29) is 17.6 Å². The molecule has 0 saturated heterocycles. The van der Waals surface area contributed by atoms with Gasteiger partial charge >= 0.3 is 0 Å². The van der Waals surface area contributed by atoms with Crippen LogP contribution in [0.25, 0.3) is 0 Å². The molecule has 0 bridgehead atoms. The maximum atomic E-state index is 13.1. The molecule has 1 aromatic heterocycles. The van der Waals surface area contributed by atoms with Gasteiger partial charge in [-0.15, -0.1) is 11.3 Å². The zero-order valence-corrected chi connectivity index (χ0v) is 11.6. The normalized spacial score (nSPS) is 10.7. The third-order valence-corrected chi connectivity index (χ3v) is 3.49. The second-order valence-corrected chi connectivity index (χ2v) is 5.70. The molecular weight excluding hydrogens is 263 g/mol. The number of aromatic nitrogens is 1. The Hall–Kier alpha value is -1.75. The van der Waals surface area contributed by atoms with Gasteiger partial charge in [-0.05, 0) is 17.7 Å². The van der Waals surface area contributed by atoms with Crippen molar-refractivity contribution in [3.8, 4) is 0 Å².